The molecular formula is C22H23N7O7S. The van der Waals surface area contributed by atoms with Crippen LogP contribution >= 0.6 is 0 Å². The number of methoxy groups -OCH3 is 2. The van der Waals surface area contributed by atoms with Gasteiger partial charge in [0.1, 0.15) is 11.6 Å². The first-order chi connectivity index (χ1) is 17.6. The van der Waals surface area contributed by atoms with E-state index in [4.69, 9.17) is 14.6 Å². The van der Waals surface area contributed by atoms with Gasteiger partial charge in [-0.2, -0.15) is 20.3 Å². The second-order valence-corrected chi connectivity index (χ2v) is 9.08. The van der Waals surface area contributed by atoms with Crippen LogP contribution in [-0.4, -0.2) is 54.0 Å². The molecule has 0 saturated carbocycles. The minimum absolute atomic E-state index is 0.0255. The average Bonchev–Trinajstić information content (AvgIpc) is 2.88. The number of hydrogen-bond donors (Lipinski definition) is 3. The number of ether oxygens (including phenoxy) is 2. The van der Waals surface area contributed by atoms with Crippen LogP contribution in [0.15, 0.2) is 50.3 Å². The van der Waals surface area contributed by atoms with Crippen molar-refractivity contribution in [2.24, 2.45) is 10.2 Å². The van der Waals surface area contributed by atoms with Crippen molar-refractivity contribution in [3.8, 4) is 23.8 Å². The zero-order valence-corrected chi connectivity index (χ0v) is 20.9. The number of sulfonamides is 1. The molecule has 0 aliphatic rings. The number of benzene rings is 1. The van der Waals surface area contributed by atoms with E-state index in [2.05, 4.69) is 24.9 Å². The zero-order chi connectivity index (χ0) is 27.2. The molecule has 37 heavy (non-hydrogen) atoms. The minimum atomic E-state index is -4.05. The predicted molar refractivity (Wildman–Crippen MR) is 130 cm³/mol. The Kier molecular flexibility index (Phi) is 8.37. The fourth-order valence-electron chi connectivity index (χ4n) is 3.14. The summed E-state index contributed by atoms with van der Waals surface area (Å²) in [5.41, 5.74) is -0.649. The highest BCUT2D eigenvalue weighted by atomic mass is 32.2. The fraction of sp³-hybridized carbons (Fsp3) is 0.273. The molecule has 0 amide bonds. The Hall–Kier alpha value is -4.55. The van der Waals surface area contributed by atoms with Crippen LogP contribution in [0, 0.1) is 18.3 Å². The maximum absolute atomic E-state index is 12.8. The van der Waals surface area contributed by atoms with Crippen molar-refractivity contribution in [1.82, 2.24) is 14.5 Å². The lowest BCUT2D eigenvalue weighted by Crippen LogP contribution is -2.22. The average molecular weight is 530 g/mol. The van der Waals surface area contributed by atoms with Gasteiger partial charge in [0.25, 0.3) is 15.6 Å². The number of rotatable bonds is 10. The van der Waals surface area contributed by atoms with Crippen LogP contribution in [0.1, 0.15) is 17.5 Å². The molecule has 3 aromatic rings. The molecule has 1 aromatic carbocycles. The highest BCUT2D eigenvalue weighted by Crippen LogP contribution is 2.28. The summed E-state index contributed by atoms with van der Waals surface area (Å²) >= 11 is 0. The molecule has 2 heterocycles. The fourth-order valence-corrected chi connectivity index (χ4v) is 4.13. The summed E-state index contributed by atoms with van der Waals surface area (Å²) in [6.45, 7) is 1.20. The van der Waals surface area contributed by atoms with Crippen molar-refractivity contribution in [3.05, 3.63) is 51.8 Å². The number of azo groups is 1. The Labute approximate surface area is 211 Å². The van der Waals surface area contributed by atoms with Crippen LogP contribution in [0.25, 0.3) is 0 Å². The van der Waals surface area contributed by atoms with Crippen LogP contribution in [-0.2, 0) is 16.6 Å². The summed E-state index contributed by atoms with van der Waals surface area (Å²) in [7, 11) is -1.37. The second-order valence-electron chi connectivity index (χ2n) is 7.40. The summed E-state index contributed by atoms with van der Waals surface area (Å²) < 4.78 is 38.8. The maximum atomic E-state index is 12.8. The molecule has 194 valence electrons. The van der Waals surface area contributed by atoms with Gasteiger partial charge in [0, 0.05) is 24.8 Å². The number of pyridine rings is 1. The topological polar surface area (TPSA) is 201 Å². The van der Waals surface area contributed by atoms with Crippen LogP contribution in [0.3, 0.4) is 0 Å². The lowest BCUT2D eigenvalue weighted by Gasteiger charge is -2.12. The van der Waals surface area contributed by atoms with Gasteiger partial charge in [0.15, 0.2) is 11.5 Å². The van der Waals surface area contributed by atoms with Gasteiger partial charge in [-0.3, -0.25) is 14.1 Å². The van der Waals surface area contributed by atoms with Gasteiger partial charge in [-0.15, -0.1) is 5.11 Å². The van der Waals surface area contributed by atoms with Gasteiger partial charge in [-0.1, -0.05) is 0 Å². The van der Waals surface area contributed by atoms with Crippen molar-refractivity contribution >= 4 is 27.2 Å². The third kappa shape index (κ3) is 6.00. The lowest BCUT2D eigenvalue weighted by molar-refractivity contribution is 0.274. The zero-order valence-electron chi connectivity index (χ0n) is 20.0. The Morgan fingerprint density at radius 3 is 2.46 bits per heavy atom. The van der Waals surface area contributed by atoms with Crippen molar-refractivity contribution in [1.29, 1.82) is 5.26 Å². The van der Waals surface area contributed by atoms with Crippen LogP contribution in [0.5, 0.6) is 17.8 Å². The van der Waals surface area contributed by atoms with E-state index in [0.717, 1.165) is 4.57 Å². The summed E-state index contributed by atoms with van der Waals surface area (Å²) in [4.78, 5) is 20.5. The number of aromatic hydroxyl groups is 1. The van der Waals surface area contributed by atoms with Gasteiger partial charge in [-0.05, 0) is 37.6 Å². The van der Waals surface area contributed by atoms with Gasteiger partial charge in [0.2, 0.25) is 11.8 Å². The molecule has 0 aliphatic heterocycles. The van der Waals surface area contributed by atoms with E-state index >= 15 is 0 Å². The van der Waals surface area contributed by atoms with E-state index in [1.165, 1.54) is 51.5 Å². The molecule has 3 rings (SSSR count). The van der Waals surface area contributed by atoms with Crippen molar-refractivity contribution in [2.45, 2.75) is 24.8 Å². The molecule has 3 N–H and O–H groups in total. The first kappa shape index (κ1) is 27.0. The number of aliphatic hydroxyl groups excluding tert-OH is 1. The second kappa shape index (κ2) is 11.5. The van der Waals surface area contributed by atoms with Gasteiger partial charge in [0.05, 0.1) is 24.8 Å². The summed E-state index contributed by atoms with van der Waals surface area (Å²) in [5, 5.41) is 36.6. The quantitative estimate of drug-likeness (QED) is 0.327. The first-order valence-corrected chi connectivity index (χ1v) is 12.1. The SMILES string of the molecule is COc1cc(NS(=O)(=O)c2ccc(N=Nc3c(C)c(C#N)c(O)n(CCCO)c3=O)cc2)nc(OC)n1. The standard InChI is InChI=1S/C22H23N7O7S/c1-13-16(12-23)20(31)29(9-4-10-30)21(32)19(13)27-26-14-5-7-15(8-6-14)37(33,34)28-17-11-18(35-2)25-22(24-17)36-3/h5-8,11,30-31H,4,9-10H2,1-3H3,(H,24,25,28). The molecule has 15 heteroatoms. The number of hydrogen-bond acceptors (Lipinski definition) is 12. The van der Waals surface area contributed by atoms with Crippen molar-refractivity contribution in [3.63, 3.8) is 0 Å². The van der Waals surface area contributed by atoms with Gasteiger partial charge >= 0.3 is 6.01 Å². The maximum Gasteiger partial charge on any atom is 0.321 e. The Morgan fingerprint density at radius 2 is 1.86 bits per heavy atom. The summed E-state index contributed by atoms with van der Waals surface area (Å²) in [5.74, 6) is -0.487. The molecule has 2 aromatic heterocycles. The number of anilines is 1. The molecule has 0 aliphatic carbocycles. The summed E-state index contributed by atoms with van der Waals surface area (Å²) in [6, 6.07) is 8.30. The highest BCUT2D eigenvalue weighted by molar-refractivity contribution is 7.92. The molecule has 0 atom stereocenters. The van der Waals surface area contributed by atoms with Gasteiger partial charge in [-0.25, -0.2) is 8.42 Å². The molecule has 0 saturated heterocycles. The third-order valence-electron chi connectivity index (χ3n) is 5.03. The van der Waals surface area contributed by atoms with Gasteiger partial charge < -0.3 is 19.7 Å². The molecular weight excluding hydrogens is 506 g/mol. The van der Waals surface area contributed by atoms with E-state index in [9.17, 15) is 23.6 Å². The lowest BCUT2D eigenvalue weighted by atomic mass is 10.1. The Balaban J connectivity index is 1.89. The van der Waals surface area contributed by atoms with E-state index in [1.807, 2.05) is 6.07 Å². The smallest absolute Gasteiger partial charge is 0.321 e. The van der Waals surface area contributed by atoms with Crippen molar-refractivity contribution < 1.29 is 28.1 Å². The molecule has 0 radical (unpaired) electrons. The third-order valence-corrected chi connectivity index (χ3v) is 6.40. The number of nitrogens with one attached hydrogen (secondary N) is 1. The summed E-state index contributed by atoms with van der Waals surface area (Å²) in [6.07, 6.45) is 0.177. The minimum Gasteiger partial charge on any atom is -0.493 e. The number of nitrogens with zero attached hydrogens (tertiary/aromatic N) is 6. The molecule has 0 unspecified atom stereocenters. The molecule has 0 fully saturated rings. The van der Waals surface area contributed by atoms with Crippen LogP contribution < -0.4 is 19.8 Å². The predicted octanol–water partition coefficient (Wildman–Crippen LogP) is 2.14. The van der Waals surface area contributed by atoms with E-state index in [1.54, 1.807) is 0 Å². The Morgan fingerprint density at radius 1 is 1.16 bits per heavy atom. The highest BCUT2D eigenvalue weighted by Gasteiger charge is 2.20. The normalized spacial score (nSPS) is 11.3. The van der Waals surface area contributed by atoms with E-state index < -0.39 is 21.5 Å². The number of aromatic nitrogens is 3. The number of aliphatic hydroxyl groups is 1. The monoisotopic (exact) mass is 529 g/mol. The van der Waals surface area contributed by atoms with Crippen LogP contribution in [0.4, 0.5) is 17.2 Å². The largest absolute Gasteiger partial charge is 0.493 e. The van der Waals surface area contributed by atoms with Crippen molar-refractivity contribution in [2.75, 3.05) is 25.5 Å². The molecule has 0 spiro atoms. The molecule has 14 nitrogen and oxygen atoms in total. The molecule has 0 bridgehead atoms. The Bertz CT molecular complexity index is 1510. The van der Waals surface area contributed by atoms with E-state index in [0.29, 0.717) is 0 Å². The number of nitriles is 1. The van der Waals surface area contributed by atoms with E-state index in [-0.39, 0.29) is 64.7 Å². The van der Waals surface area contributed by atoms with Crippen LogP contribution in [0.2, 0.25) is 0 Å². The first-order valence-electron chi connectivity index (χ1n) is 10.6.